The SMILES string of the molecule is CCOC(=O)CN(C(=O)c1cccc(CC2SC(=N)NC2=O)c1)c1ccc(Cl)cc1. The van der Waals surface area contributed by atoms with Gasteiger partial charge in [0.2, 0.25) is 5.91 Å². The van der Waals surface area contributed by atoms with Gasteiger partial charge in [-0.25, -0.2) is 0 Å². The summed E-state index contributed by atoms with van der Waals surface area (Å²) >= 11 is 7.10. The highest BCUT2D eigenvalue weighted by Gasteiger charge is 2.29. The van der Waals surface area contributed by atoms with E-state index in [1.165, 1.54) is 4.90 Å². The van der Waals surface area contributed by atoms with E-state index in [0.717, 1.165) is 17.3 Å². The van der Waals surface area contributed by atoms with E-state index in [9.17, 15) is 14.4 Å². The van der Waals surface area contributed by atoms with E-state index in [0.29, 0.717) is 22.7 Å². The van der Waals surface area contributed by atoms with Crippen LogP contribution in [-0.4, -0.2) is 41.4 Å². The summed E-state index contributed by atoms with van der Waals surface area (Å²) in [6.07, 6.45) is 0.388. The van der Waals surface area contributed by atoms with Gasteiger partial charge in [0.25, 0.3) is 5.91 Å². The Morgan fingerprint density at radius 1 is 1.23 bits per heavy atom. The van der Waals surface area contributed by atoms with E-state index < -0.39 is 11.2 Å². The number of amidine groups is 1. The molecule has 7 nitrogen and oxygen atoms in total. The number of rotatable bonds is 7. The van der Waals surface area contributed by atoms with Crippen LogP contribution in [0.5, 0.6) is 0 Å². The fourth-order valence-electron chi connectivity index (χ4n) is 2.99. The Kier molecular flexibility index (Phi) is 7.12. The summed E-state index contributed by atoms with van der Waals surface area (Å²) in [6, 6.07) is 13.5. The Balaban J connectivity index is 1.84. The van der Waals surface area contributed by atoms with Gasteiger partial charge in [-0.15, -0.1) is 0 Å². The lowest BCUT2D eigenvalue weighted by Gasteiger charge is -2.22. The predicted octanol–water partition coefficient (Wildman–Crippen LogP) is 3.26. The first-order valence-electron chi connectivity index (χ1n) is 9.25. The third kappa shape index (κ3) is 5.40. The highest BCUT2D eigenvalue weighted by atomic mass is 35.5. The number of nitrogens with zero attached hydrogens (tertiary/aromatic N) is 1. The molecular weight excluding hydrogens is 426 g/mol. The minimum absolute atomic E-state index is 0.126. The minimum Gasteiger partial charge on any atom is -0.465 e. The number of hydrogen-bond donors (Lipinski definition) is 2. The van der Waals surface area contributed by atoms with Crippen molar-refractivity contribution in [3.63, 3.8) is 0 Å². The van der Waals surface area contributed by atoms with Crippen molar-refractivity contribution in [1.29, 1.82) is 5.41 Å². The number of carbonyl (C=O) groups is 3. The van der Waals surface area contributed by atoms with E-state index in [4.69, 9.17) is 21.7 Å². The molecule has 3 rings (SSSR count). The predicted molar refractivity (Wildman–Crippen MR) is 117 cm³/mol. The lowest BCUT2D eigenvalue weighted by Crippen LogP contribution is -2.36. The van der Waals surface area contributed by atoms with Crippen LogP contribution in [0.15, 0.2) is 48.5 Å². The maximum Gasteiger partial charge on any atom is 0.326 e. The van der Waals surface area contributed by atoms with Gasteiger partial charge in [0.05, 0.1) is 11.9 Å². The summed E-state index contributed by atoms with van der Waals surface area (Å²) in [4.78, 5) is 38.6. The molecule has 1 aliphatic rings. The Bertz CT molecular complexity index is 980. The Morgan fingerprint density at radius 3 is 2.60 bits per heavy atom. The molecule has 1 heterocycles. The van der Waals surface area contributed by atoms with Crippen molar-refractivity contribution < 1.29 is 19.1 Å². The van der Waals surface area contributed by atoms with Crippen LogP contribution in [0.25, 0.3) is 0 Å². The van der Waals surface area contributed by atoms with Gasteiger partial charge in [-0.3, -0.25) is 24.7 Å². The molecular formula is C21H20ClN3O4S. The number of halogens is 1. The van der Waals surface area contributed by atoms with Gasteiger partial charge in [-0.1, -0.05) is 35.5 Å². The average molecular weight is 446 g/mol. The van der Waals surface area contributed by atoms with Crippen molar-refractivity contribution >= 4 is 52.0 Å². The molecule has 2 N–H and O–H groups in total. The maximum atomic E-state index is 13.2. The minimum atomic E-state index is -0.519. The van der Waals surface area contributed by atoms with Crippen LogP contribution < -0.4 is 10.2 Å². The summed E-state index contributed by atoms with van der Waals surface area (Å²) in [5.41, 5.74) is 1.68. The molecule has 1 unspecified atom stereocenters. The number of esters is 1. The molecule has 2 amide bonds. The summed E-state index contributed by atoms with van der Waals surface area (Å²) in [7, 11) is 0. The van der Waals surface area contributed by atoms with E-state index in [2.05, 4.69) is 5.32 Å². The van der Waals surface area contributed by atoms with E-state index >= 15 is 0 Å². The van der Waals surface area contributed by atoms with Crippen LogP contribution >= 0.6 is 23.4 Å². The van der Waals surface area contributed by atoms with Gasteiger partial charge in [0.1, 0.15) is 6.54 Å². The van der Waals surface area contributed by atoms with Crippen molar-refractivity contribution in [1.82, 2.24) is 5.32 Å². The van der Waals surface area contributed by atoms with Gasteiger partial charge >= 0.3 is 5.97 Å². The number of hydrogen-bond acceptors (Lipinski definition) is 6. The lowest BCUT2D eigenvalue weighted by atomic mass is 10.0. The molecule has 1 fully saturated rings. The van der Waals surface area contributed by atoms with Gasteiger partial charge < -0.3 is 10.1 Å². The van der Waals surface area contributed by atoms with Crippen molar-refractivity contribution in [2.24, 2.45) is 0 Å². The first-order valence-corrected chi connectivity index (χ1v) is 10.5. The fraction of sp³-hybridized carbons (Fsp3) is 0.238. The third-order valence-electron chi connectivity index (χ3n) is 4.36. The van der Waals surface area contributed by atoms with Crippen LogP contribution in [-0.2, 0) is 20.7 Å². The normalized spacial score (nSPS) is 15.6. The second-order valence-corrected chi connectivity index (χ2v) is 8.15. The Hall–Kier alpha value is -2.84. The van der Waals surface area contributed by atoms with Crippen LogP contribution in [0.3, 0.4) is 0 Å². The number of carbonyl (C=O) groups excluding carboxylic acids is 3. The molecule has 0 aromatic heterocycles. The molecule has 0 spiro atoms. The first-order chi connectivity index (χ1) is 14.4. The second kappa shape index (κ2) is 9.77. The molecule has 2 aromatic rings. The van der Waals surface area contributed by atoms with Crippen LogP contribution in [0.4, 0.5) is 5.69 Å². The molecule has 9 heteroatoms. The van der Waals surface area contributed by atoms with Crippen molar-refractivity contribution in [2.75, 3.05) is 18.1 Å². The van der Waals surface area contributed by atoms with Crippen molar-refractivity contribution in [3.8, 4) is 0 Å². The molecule has 0 aliphatic carbocycles. The number of thioether (sulfide) groups is 1. The Morgan fingerprint density at radius 2 is 1.97 bits per heavy atom. The molecule has 1 aliphatic heterocycles. The smallest absolute Gasteiger partial charge is 0.326 e. The van der Waals surface area contributed by atoms with Crippen LogP contribution in [0, 0.1) is 5.41 Å². The third-order valence-corrected chi connectivity index (χ3v) is 5.62. The number of anilines is 1. The summed E-state index contributed by atoms with van der Waals surface area (Å²) in [5.74, 6) is -1.11. The van der Waals surface area contributed by atoms with Gasteiger partial charge in [0.15, 0.2) is 5.17 Å². The van der Waals surface area contributed by atoms with E-state index in [1.807, 2.05) is 6.07 Å². The van der Waals surface area contributed by atoms with E-state index in [1.54, 1.807) is 49.4 Å². The quantitative estimate of drug-likeness (QED) is 0.637. The molecule has 1 saturated heterocycles. The van der Waals surface area contributed by atoms with Gasteiger partial charge in [-0.05, 0) is 55.3 Å². The highest BCUT2D eigenvalue weighted by Crippen LogP contribution is 2.24. The summed E-state index contributed by atoms with van der Waals surface area (Å²) in [6.45, 7) is 1.68. The molecule has 156 valence electrons. The largest absolute Gasteiger partial charge is 0.465 e. The van der Waals surface area contributed by atoms with Crippen LogP contribution in [0.1, 0.15) is 22.8 Å². The van der Waals surface area contributed by atoms with E-state index in [-0.39, 0.29) is 30.1 Å². The lowest BCUT2D eigenvalue weighted by molar-refractivity contribution is -0.141. The number of ether oxygens (including phenoxy) is 1. The van der Waals surface area contributed by atoms with Crippen molar-refractivity contribution in [3.05, 3.63) is 64.7 Å². The molecule has 1 atom stereocenters. The standard InChI is InChI=1S/C21H20ClN3O4S/c1-2-29-18(26)12-25(16-8-6-15(22)7-9-16)20(28)14-5-3-4-13(10-14)11-17-19(27)24-21(23)30-17/h3-10,17H,2,11-12H2,1H3,(H2,23,24,27). The monoisotopic (exact) mass is 445 g/mol. The number of nitrogens with one attached hydrogen (secondary N) is 2. The number of benzene rings is 2. The van der Waals surface area contributed by atoms with Crippen molar-refractivity contribution in [2.45, 2.75) is 18.6 Å². The maximum absolute atomic E-state index is 13.2. The summed E-state index contributed by atoms with van der Waals surface area (Å²) < 4.78 is 5.01. The molecule has 2 aromatic carbocycles. The second-order valence-electron chi connectivity index (χ2n) is 6.50. The zero-order chi connectivity index (χ0) is 21.7. The first kappa shape index (κ1) is 21.9. The molecule has 0 bridgehead atoms. The van der Waals surface area contributed by atoms with Crippen LogP contribution in [0.2, 0.25) is 5.02 Å². The number of amides is 2. The van der Waals surface area contributed by atoms with Gasteiger partial charge in [0, 0.05) is 16.3 Å². The zero-order valence-corrected chi connectivity index (χ0v) is 17.8. The van der Waals surface area contributed by atoms with Gasteiger partial charge in [-0.2, -0.15) is 0 Å². The topological polar surface area (TPSA) is 99.6 Å². The fourth-order valence-corrected chi connectivity index (χ4v) is 4.00. The zero-order valence-electron chi connectivity index (χ0n) is 16.2. The highest BCUT2D eigenvalue weighted by molar-refractivity contribution is 8.15. The molecule has 30 heavy (non-hydrogen) atoms. The molecule has 0 radical (unpaired) electrons. The molecule has 0 saturated carbocycles. The Labute approximate surface area is 183 Å². The average Bonchev–Trinajstić information content (AvgIpc) is 3.03. The summed E-state index contributed by atoms with van der Waals surface area (Å²) in [5, 5.41) is 10.3.